The van der Waals surface area contributed by atoms with E-state index in [1.165, 1.54) is 32.1 Å². The summed E-state index contributed by atoms with van der Waals surface area (Å²) < 4.78 is 2.93. The maximum Gasteiger partial charge on any atom is 0.156 e. The first-order valence-electron chi connectivity index (χ1n) is 5.85. The second kappa shape index (κ2) is 4.17. The molecule has 84 valence electrons. The molecular weight excluding hydrogens is 266 g/mol. The Balaban J connectivity index is 1.97. The average Bonchev–Trinajstić information content (AvgIpc) is 2.73. The molecule has 0 saturated heterocycles. The van der Waals surface area contributed by atoms with E-state index >= 15 is 0 Å². The van der Waals surface area contributed by atoms with Crippen molar-refractivity contribution < 1.29 is 0 Å². The molecule has 16 heavy (non-hydrogen) atoms. The van der Waals surface area contributed by atoms with Gasteiger partial charge in [-0.05, 0) is 25.0 Å². The molecule has 3 rings (SSSR count). The van der Waals surface area contributed by atoms with Gasteiger partial charge in [-0.2, -0.15) is 5.10 Å². The smallest absolute Gasteiger partial charge is 0.156 e. The number of halogens is 1. The maximum absolute atomic E-state index is 4.62. The Bertz CT molecular complexity index is 500. The standard InChI is InChI=1S/C12H14BrN3/c13-10-6-7-16-11(8-10)14-12(15-16)9-4-2-1-3-5-9/h6-9H,1-5H2. The lowest BCUT2D eigenvalue weighted by Crippen LogP contribution is -2.06. The molecule has 2 heterocycles. The number of rotatable bonds is 1. The zero-order chi connectivity index (χ0) is 11.0. The molecule has 0 unspecified atom stereocenters. The van der Waals surface area contributed by atoms with E-state index in [1.54, 1.807) is 0 Å². The van der Waals surface area contributed by atoms with Gasteiger partial charge in [-0.3, -0.25) is 0 Å². The minimum absolute atomic E-state index is 0.576. The van der Waals surface area contributed by atoms with Crippen LogP contribution < -0.4 is 0 Å². The molecule has 2 aromatic rings. The molecule has 1 aliphatic carbocycles. The van der Waals surface area contributed by atoms with Gasteiger partial charge in [0.2, 0.25) is 0 Å². The summed E-state index contributed by atoms with van der Waals surface area (Å²) in [5.41, 5.74) is 0.940. The summed E-state index contributed by atoms with van der Waals surface area (Å²) in [5, 5.41) is 4.56. The van der Waals surface area contributed by atoms with Gasteiger partial charge < -0.3 is 0 Å². The highest BCUT2D eigenvalue weighted by Crippen LogP contribution is 2.30. The number of fused-ring (bicyclic) bond motifs is 1. The summed E-state index contributed by atoms with van der Waals surface area (Å²) in [6.07, 6.45) is 8.47. The Morgan fingerprint density at radius 1 is 1.25 bits per heavy atom. The molecule has 1 saturated carbocycles. The third kappa shape index (κ3) is 1.86. The first kappa shape index (κ1) is 10.3. The van der Waals surface area contributed by atoms with E-state index in [0.29, 0.717) is 5.92 Å². The number of hydrogen-bond acceptors (Lipinski definition) is 2. The van der Waals surface area contributed by atoms with Crippen molar-refractivity contribution in [1.29, 1.82) is 0 Å². The molecule has 1 aliphatic rings. The molecule has 0 radical (unpaired) electrons. The topological polar surface area (TPSA) is 30.2 Å². The predicted molar refractivity (Wildman–Crippen MR) is 66.5 cm³/mol. The Labute approximate surface area is 103 Å². The molecule has 0 N–H and O–H groups in total. The van der Waals surface area contributed by atoms with E-state index < -0.39 is 0 Å². The van der Waals surface area contributed by atoms with E-state index in [-0.39, 0.29) is 0 Å². The predicted octanol–water partition coefficient (Wildman–Crippen LogP) is 3.54. The Kier molecular flexibility index (Phi) is 2.67. The van der Waals surface area contributed by atoms with Crippen LogP contribution in [0.5, 0.6) is 0 Å². The van der Waals surface area contributed by atoms with Crippen molar-refractivity contribution in [3.63, 3.8) is 0 Å². The highest BCUT2D eigenvalue weighted by Gasteiger charge is 2.19. The van der Waals surface area contributed by atoms with Crippen LogP contribution in [-0.4, -0.2) is 14.6 Å². The van der Waals surface area contributed by atoms with Crippen LogP contribution in [0.25, 0.3) is 5.65 Å². The number of aromatic nitrogens is 3. The molecule has 2 aromatic heterocycles. The van der Waals surface area contributed by atoms with Crippen molar-refractivity contribution >= 4 is 21.6 Å². The van der Waals surface area contributed by atoms with Crippen LogP contribution in [-0.2, 0) is 0 Å². The van der Waals surface area contributed by atoms with Crippen molar-refractivity contribution in [2.45, 2.75) is 38.0 Å². The fraction of sp³-hybridized carbons (Fsp3) is 0.500. The van der Waals surface area contributed by atoms with Gasteiger partial charge in [-0.1, -0.05) is 35.2 Å². The van der Waals surface area contributed by atoms with Crippen molar-refractivity contribution in [3.05, 3.63) is 28.6 Å². The average molecular weight is 280 g/mol. The summed E-state index contributed by atoms with van der Waals surface area (Å²) >= 11 is 3.46. The third-order valence-electron chi connectivity index (χ3n) is 3.29. The minimum Gasteiger partial charge on any atom is -0.221 e. The van der Waals surface area contributed by atoms with Crippen LogP contribution >= 0.6 is 15.9 Å². The first-order chi connectivity index (χ1) is 7.83. The number of nitrogens with zero attached hydrogens (tertiary/aromatic N) is 3. The van der Waals surface area contributed by atoms with E-state index in [9.17, 15) is 0 Å². The van der Waals surface area contributed by atoms with E-state index in [4.69, 9.17) is 0 Å². The molecule has 4 heteroatoms. The fourth-order valence-electron chi connectivity index (χ4n) is 2.41. The molecule has 0 amide bonds. The Hall–Kier alpha value is -0.900. The molecular formula is C12H14BrN3. The summed E-state index contributed by atoms with van der Waals surface area (Å²) in [7, 11) is 0. The summed E-state index contributed by atoms with van der Waals surface area (Å²) in [5.74, 6) is 1.60. The van der Waals surface area contributed by atoms with Crippen molar-refractivity contribution in [2.24, 2.45) is 0 Å². The SMILES string of the molecule is Brc1ccn2nc(C3CCCCC3)nc2c1. The van der Waals surface area contributed by atoms with Gasteiger partial charge in [-0.25, -0.2) is 9.50 Å². The van der Waals surface area contributed by atoms with Gasteiger partial charge in [-0.15, -0.1) is 0 Å². The zero-order valence-corrected chi connectivity index (χ0v) is 10.7. The summed E-state index contributed by atoms with van der Waals surface area (Å²) in [6.45, 7) is 0. The fourth-order valence-corrected chi connectivity index (χ4v) is 2.73. The van der Waals surface area contributed by atoms with Crippen molar-refractivity contribution in [3.8, 4) is 0 Å². The summed E-state index contributed by atoms with van der Waals surface area (Å²) in [6, 6.07) is 4.01. The molecule has 1 fully saturated rings. The lowest BCUT2D eigenvalue weighted by atomic mass is 9.89. The van der Waals surface area contributed by atoms with Gasteiger partial charge >= 0.3 is 0 Å². The van der Waals surface area contributed by atoms with Crippen LogP contribution in [0.4, 0.5) is 0 Å². The second-order valence-electron chi connectivity index (χ2n) is 4.45. The zero-order valence-electron chi connectivity index (χ0n) is 9.06. The van der Waals surface area contributed by atoms with E-state index in [0.717, 1.165) is 15.9 Å². The van der Waals surface area contributed by atoms with E-state index in [1.807, 2.05) is 22.8 Å². The van der Waals surface area contributed by atoms with E-state index in [2.05, 4.69) is 26.0 Å². The molecule has 3 nitrogen and oxygen atoms in total. The highest BCUT2D eigenvalue weighted by molar-refractivity contribution is 9.10. The van der Waals surface area contributed by atoms with Crippen LogP contribution in [0, 0.1) is 0 Å². The number of pyridine rings is 1. The molecule has 0 spiro atoms. The van der Waals surface area contributed by atoms with Gasteiger partial charge in [0.25, 0.3) is 0 Å². The van der Waals surface area contributed by atoms with Crippen LogP contribution in [0.3, 0.4) is 0 Å². The molecule has 0 aromatic carbocycles. The second-order valence-corrected chi connectivity index (χ2v) is 5.37. The van der Waals surface area contributed by atoms with Crippen LogP contribution in [0.15, 0.2) is 22.8 Å². The lowest BCUT2D eigenvalue weighted by Gasteiger charge is -2.17. The normalized spacial score (nSPS) is 18.1. The molecule has 0 bridgehead atoms. The maximum atomic E-state index is 4.62. The Morgan fingerprint density at radius 3 is 2.88 bits per heavy atom. The van der Waals surface area contributed by atoms with Crippen molar-refractivity contribution in [1.82, 2.24) is 14.6 Å². The highest BCUT2D eigenvalue weighted by atomic mass is 79.9. The van der Waals surface area contributed by atoms with Crippen LogP contribution in [0.2, 0.25) is 0 Å². The van der Waals surface area contributed by atoms with Gasteiger partial charge in [0.1, 0.15) is 0 Å². The third-order valence-corrected chi connectivity index (χ3v) is 3.78. The monoisotopic (exact) mass is 279 g/mol. The summed E-state index contributed by atoms with van der Waals surface area (Å²) in [4.78, 5) is 4.62. The molecule has 0 aliphatic heterocycles. The van der Waals surface area contributed by atoms with Crippen molar-refractivity contribution in [2.75, 3.05) is 0 Å². The first-order valence-corrected chi connectivity index (χ1v) is 6.64. The number of hydrogen-bond donors (Lipinski definition) is 0. The van der Waals surface area contributed by atoms with Gasteiger partial charge in [0, 0.05) is 16.6 Å². The largest absolute Gasteiger partial charge is 0.221 e. The minimum atomic E-state index is 0.576. The quantitative estimate of drug-likeness (QED) is 0.799. The molecule has 0 atom stereocenters. The Morgan fingerprint density at radius 2 is 2.06 bits per heavy atom. The van der Waals surface area contributed by atoms with Gasteiger partial charge in [0.15, 0.2) is 11.5 Å². The lowest BCUT2D eigenvalue weighted by molar-refractivity contribution is 0.429. The van der Waals surface area contributed by atoms with Gasteiger partial charge in [0.05, 0.1) is 0 Å². The van der Waals surface area contributed by atoms with Crippen LogP contribution in [0.1, 0.15) is 43.8 Å².